The molecule has 9 heteroatoms. The molecule has 0 radical (unpaired) electrons. The molecule has 3 N–H and O–H groups in total. The van der Waals surface area contributed by atoms with Crippen molar-refractivity contribution in [3.05, 3.63) is 0 Å². The summed E-state index contributed by atoms with van der Waals surface area (Å²) in [5.74, 6) is 4.45. The minimum atomic E-state index is -1.47. The molecule has 0 aromatic rings. The van der Waals surface area contributed by atoms with E-state index in [1.54, 1.807) is 20.8 Å². The highest BCUT2D eigenvalue weighted by Gasteiger charge is 2.53. The van der Waals surface area contributed by atoms with Gasteiger partial charge in [-0.3, -0.25) is 10.6 Å². The third-order valence-corrected chi connectivity index (χ3v) is 3.18. The molecular weight excluding hydrogens is 294 g/mol. The highest BCUT2D eigenvalue weighted by atomic mass is 16.6. The zero-order valence-electron chi connectivity index (χ0n) is 13.5. The van der Waals surface area contributed by atoms with Crippen LogP contribution in [0.15, 0.2) is 0 Å². The van der Waals surface area contributed by atoms with Gasteiger partial charge in [0.2, 0.25) is 0 Å². The standard InChI is InChI=1S/C13H23N3O6/c1-12(2,3)22-11(19)15-13(10(18)21-5)6-8(9(17)20-4)16(14)7-13/h8H,6-7,14H2,1-5H3,(H,15,19)/t8-,13-/m1/s1. The molecule has 0 aliphatic carbocycles. The SMILES string of the molecule is COC(=O)[C@H]1C[C@](NC(=O)OC(C)(C)C)(C(=O)OC)CN1N. The molecule has 1 rings (SSSR count). The lowest BCUT2D eigenvalue weighted by atomic mass is 9.96. The number of hydrogen-bond acceptors (Lipinski definition) is 8. The molecule has 1 amide bonds. The molecule has 0 spiro atoms. The number of carbonyl (C=O) groups excluding carboxylic acids is 3. The average Bonchev–Trinajstić information content (AvgIpc) is 2.72. The second kappa shape index (κ2) is 6.49. The number of methoxy groups -OCH3 is 2. The fourth-order valence-electron chi connectivity index (χ4n) is 2.27. The quantitative estimate of drug-likeness (QED) is 0.408. The molecule has 2 atom stereocenters. The average molecular weight is 317 g/mol. The van der Waals surface area contributed by atoms with Crippen molar-refractivity contribution in [2.24, 2.45) is 5.84 Å². The van der Waals surface area contributed by atoms with Gasteiger partial charge in [0.05, 0.1) is 14.2 Å². The maximum atomic E-state index is 12.1. The maximum absolute atomic E-state index is 12.1. The third-order valence-electron chi connectivity index (χ3n) is 3.18. The monoisotopic (exact) mass is 317 g/mol. The van der Waals surface area contributed by atoms with E-state index < -0.39 is 35.2 Å². The van der Waals surface area contributed by atoms with Gasteiger partial charge in [0.25, 0.3) is 0 Å². The van der Waals surface area contributed by atoms with Crippen LogP contribution in [0.2, 0.25) is 0 Å². The first-order chi connectivity index (χ1) is 10.0. The van der Waals surface area contributed by atoms with Crippen molar-refractivity contribution in [1.29, 1.82) is 0 Å². The Bertz CT molecular complexity index is 461. The smallest absolute Gasteiger partial charge is 0.408 e. The molecule has 1 aliphatic rings. The van der Waals surface area contributed by atoms with Gasteiger partial charge in [-0.2, -0.15) is 0 Å². The fourth-order valence-corrected chi connectivity index (χ4v) is 2.27. The highest BCUT2D eigenvalue weighted by Crippen LogP contribution is 2.27. The summed E-state index contributed by atoms with van der Waals surface area (Å²) in [6.07, 6.45) is -0.862. The van der Waals surface area contributed by atoms with Crippen LogP contribution in [-0.2, 0) is 23.8 Å². The molecule has 22 heavy (non-hydrogen) atoms. The topological polar surface area (TPSA) is 120 Å². The van der Waals surface area contributed by atoms with E-state index in [1.807, 2.05) is 0 Å². The van der Waals surface area contributed by atoms with Crippen molar-refractivity contribution < 1.29 is 28.6 Å². The van der Waals surface area contributed by atoms with Crippen molar-refractivity contribution in [3.63, 3.8) is 0 Å². The van der Waals surface area contributed by atoms with Crippen LogP contribution in [0.1, 0.15) is 27.2 Å². The zero-order chi connectivity index (χ0) is 17.1. The van der Waals surface area contributed by atoms with Gasteiger partial charge in [-0.05, 0) is 20.8 Å². The number of esters is 2. The van der Waals surface area contributed by atoms with Gasteiger partial charge in [-0.1, -0.05) is 0 Å². The summed E-state index contributed by atoms with van der Waals surface area (Å²) in [6.45, 7) is 4.98. The molecule has 0 saturated carbocycles. The molecule has 126 valence electrons. The van der Waals surface area contributed by atoms with Gasteiger partial charge < -0.3 is 19.5 Å². The fraction of sp³-hybridized carbons (Fsp3) is 0.769. The number of amides is 1. The zero-order valence-corrected chi connectivity index (χ0v) is 13.5. The van der Waals surface area contributed by atoms with Crippen LogP contribution in [0, 0.1) is 0 Å². The molecule has 0 aromatic heterocycles. The Kier molecular flexibility index (Phi) is 5.36. The summed E-state index contributed by atoms with van der Waals surface area (Å²) in [5, 5.41) is 3.61. The predicted molar refractivity (Wildman–Crippen MR) is 75.4 cm³/mol. The van der Waals surface area contributed by atoms with E-state index in [2.05, 4.69) is 10.1 Å². The molecule has 9 nitrogen and oxygen atoms in total. The summed E-state index contributed by atoms with van der Waals surface area (Å²) >= 11 is 0. The molecule has 0 bridgehead atoms. The first kappa shape index (κ1) is 18.2. The first-order valence-corrected chi connectivity index (χ1v) is 6.73. The lowest BCUT2D eigenvalue weighted by Crippen LogP contribution is -2.58. The van der Waals surface area contributed by atoms with Crippen LogP contribution < -0.4 is 11.2 Å². The van der Waals surface area contributed by atoms with E-state index in [1.165, 1.54) is 14.2 Å². The van der Waals surface area contributed by atoms with Crippen LogP contribution in [-0.4, -0.2) is 61.0 Å². The number of hydrogen-bond donors (Lipinski definition) is 2. The first-order valence-electron chi connectivity index (χ1n) is 6.73. The normalized spacial score (nSPS) is 25.5. The molecule has 1 saturated heterocycles. The molecular formula is C13H23N3O6. The Labute approximate surface area is 129 Å². The van der Waals surface area contributed by atoms with Crippen LogP contribution in [0.4, 0.5) is 4.79 Å². The third kappa shape index (κ3) is 4.08. The number of alkyl carbamates (subject to hydrolysis) is 1. The molecule has 0 aromatic carbocycles. The lowest BCUT2D eigenvalue weighted by molar-refractivity contribution is -0.148. The van der Waals surface area contributed by atoms with Gasteiger partial charge >= 0.3 is 18.0 Å². The largest absolute Gasteiger partial charge is 0.468 e. The van der Waals surface area contributed by atoms with Crippen LogP contribution in [0.3, 0.4) is 0 Å². The van der Waals surface area contributed by atoms with E-state index in [9.17, 15) is 14.4 Å². The molecule has 1 fully saturated rings. The second-order valence-electron chi connectivity index (χ2n) is 6.12. The van der Waals surface area contributed by atoms with E-state index in [0.29, 0.717) is 0 Å². The number of carbonyl (C=O) groups is 3. The molecule has 1 aliphatic heterocycles. The lowest BCUT2D eigenvalue weighted by Gasteiger charge is -2.28. The predicted octanol–water partition coefficient (Wildman–Crippen LogP) is -0.456. The summed E-state index contributed by atoms with van der Waals surface area (Å²) in [6, 6.07) is -0.862. The summed E-state index contributed by atoms with van der Waals surface area (Å²) in [5.41, 5.74) is -2.20. The van der Waals surface area contributed by atoms with Gasteiger partial charge in [0.1, 0.15) is 11.6 Å². The Morgan fingerprint density at radius 1 is 1.23 bits per heavy atom. The Morgan fingerprint density at radius 3 is 2.27 bits per heavy atom. The number of ether oxygens (including phenoxy) is 3. The summed E-state index contributed by atoms with van der Waals surface area (Å²) in [7, 11) is 2.41. The Balaban J connectivity index is 2.97. The van der Waals surface area contributed by atoms with E-state index >= 15 is 0 Å². The number of rotatable bonds is 3. The maximum Gasteiger partial charge on any atom is 0.408 e. The number of nitrogens with two attached hydrogens (primary N) is 1. The summed E-state index contributed by atoms with van der Waals surface area (Å²) < 4.78 is 14.5. The van der Waals surface area contributed by atoms with Crippen molar-refractivity contribution in [2.75, 3.05) is 20.8 Å². The number of hydrazine groups is 1. The van der Waals surface area contributed by atoms with Crippen molar-refractivity contribution >= 4 is 18.0 Å². The van der Waals surface area contributed by atoms with Crippen LogP contribution in [0.5, 0.6) is 0 Å². The minimum absolute atomic E-state index is 0.0674. The van der Waals surface area contributed by atoms with Gasteiger partial charge in [-0.25, -0.2) is 14.6 Å². The second-order valence-corrected chi connectivity index (χ2v) is 6.12. The van der Waals surface area contributed by atoms with Gasteiger partial charge in [0.15, 0.2) is 5.54 Å². The van der Waals surface area contributed by atoms with Crippen LogP contribution in [0.25, 0.3) is 0 Å². The van der Waals surface area contributed by atoms with E-state index in [0.717, 1.165) is 5.01 Å². The Hall–Kier alpha value is -1.87. The van der Waals surface area contributed by atoms with Gasteiger partial charge in [0, 0.05) is 13.0 Å². The van der Waals surface area contributed by atoms with E-state index in [-0.39, 0.29) is 13.0 Å². The van der Waals surface area contributed by atoms with Crippen molar-refractivity contribution in [1.82, 2.24) is 10.3 Å². The Morgan fingerprint density at radius 2 is 1.82 bits per heavy atom. The number of nitrogens with zero attached hydrogens (tertiary/aromatic N) is 1. The summed E-state index contributed by atoms with van der Waals surface area (Å²) in [4.78, 5) is 35.8. The molecule has 1 heterocycles. The van der Waals surface area contributed by atoms with Crippen molar-refractivity contribution in [2.45, 2.75) is 44.4 Å². The van der Waals surface area contributed by atoms with E-state index in [4.69, 9.17) is 15.3 Å². The molecule has 0 unspecified atom stereocenters. The highest BCUT2D eigenvalue weighted by molar-refractivity contribution is 5.89. The van der Waals surface area contributed by atoms with Gasteiger partial charge in [-0.15, -0.1) is 0 Å². The van der Waals surface area contributed by atoms with Crippen LogP contribution >= 0.6 is 0 Å². The number of nitrogens with one attached hydrogen (secondary N) is 1. The minimum Gasteiger partial charge on any atom is -0.468 e. The van der Waals surface area contributed by atoms with Crippen molar-refractivity contribution in [3.8, 4) is 0 Å².